The molecule has 1 N–H and O–H groups in total. The number of carbonyl (C=O) groups is 1. The normalized spacial score (nSPS) is 13.4. The number of benzene rings is 1. The van der Waals surface area contributed by atoms with Crippen LogP contribution in [0.1, 0.15) is 22.8 Å². The average molecular weight is 343 g/mol. The van der Waals surface area contributed by atoms with Crippen LogP contribution in [0.3, 0.4) is 0 Å². The fourth-order valence-corrected chi connectivity index (χ4v) is 2.16. The summed E-state index contributed by atoms with van der Waals surface area (Å²) in [5.74, 6) is -0.358. The number of thioether (sulfide) groups is 1. The van der Waals surface area contributed by atoms with E-state index in [1.54, 1.807) is 6.92 Å². The first-order valence-electron chi connectivity index (χ1n) is 4.92. The van der Waals surface area contributed by atoms with Crippen molar-refractivity contribution in [3.63, 3.8) is 0 Å². The van der Waals surface area contributed by atoms with Crippen molar-refractivity contribution in [1.82, 2.24) is 0 Å². The van der Waals surface area contributed by atoms with Crippen LogP contribution in [0.4, 0.5) is 13.2 Å². The lowest BCUT2D eigenvalue weighted by molar-refractivity contribution is -0.0328. The Morgan fingerprint density at radius 3 is 2.56 bits per heavy atom. The number of alkyl halides is 4. The maximum absolute atomic E-state index is 12.2. The Bertz CT molecular complexity index is 446. The topological polar surface area (TPSA) is 37.3 Å². The Hall–Kier alpha value is -0.530. The summed E-state index contributed by atoms with van der Waals surface area (Å²) in [4.78, 5) is 11.2. The molecular formula is C11H10BrF3O2S. The van der Waals surface area contributed by atoms with Gasteiger partial charge in [-0.25, -0.2) is 0 Å². The Morgan fingerprint density at radius 1 is 1.50 bits per heavy atom. The molecule has 0 heterocycles. The van der Waals surface area contributed by atoms with Gasteiger partial charge in [0.15, 0.2) is 5.78 Å². The standard InChI is InChI=1S/C11H10BrF3O2S/c1-6(12)10(17)9-4-8(18-11(13,14)15)3-2-7(9)5-16/h2-4,6,16H,5H2,1H3. The summed E-state index contributed by atoms with van der Waals surface area (Å²) in [6.45, 7) is 1.19. The van der Waals surface area contributed by atoms with Crippen LogP contribution in [0.15, 0.2) is 23.1 Å². The van der Waals surface area contributed by atoms with Crippen LogP contribution in [-0.2, 0) is 6.61 Å². The van der Waals surface area contributed by atoms with Gasteiger partial charge in [-0.3, -0.25) is 4.79 Å². The van der Waals surface area contributed by atoms with Crippen molar-refractivity contribution in [3.8, 4) is 0 Å². The van der Waals surface area contributed by atoms with Gasteiger partial charge in [-0.2, -0.15) is 13.2 Å². The molecule has 7 heteroatoms. The fraction of sp³-hybridized carbons (Fsp3) is 0.364. The van der Waals surface area contributed by atoms with E-state index in [9.17, 15) is 18.0 Å². The van der Waals surface area contributed by atoms with Crippen LogP contribution in [0, 0.1) is 0 Å². The SMILES string of the molecule is CC(Br)C(=O)c1cc(SC(F)(F)F)ccc1CO. The van der Waals surface area contributed by atoms with E-state index in [1.807, 2.05) is 0 Å². The molecule has 0 aliphatic carbocycles. The zero-order chi connectivity index (χ0) is 13.9. The van der Waals surface area contributed by atoms with Crippen molar-refractivity contribution in [2.24, 2.45) is 0 Å². The van der Waals surface area contributed by atoms with Crippen LogP contribution in [0.2, 0.25) is 0 Å². The number of rotatable bonds is 4. The smallest absolute Gasteiger partial charge is 0.392 e. The highest BCUT2D eigenvalue weighted by atomic mass is 79.9. The molecule has 0 aliphatic heterocycles. The van der Waals surface area contributed by atoms with Crippen LogP contribution in [0.5, 0.6) is 0 Å². The second-order valence-corrected chi connectivity index (χ2v) is 6.02. The summed E-state index contributed by atoms with van der Waals surface area (Å²) in [6.07, 6.45) is 0. The molecular weight excluding hydrogens is 333 g/mol. The van der Waals surface area contributed by atoms with E-state index < -0.39 is 16.9 Å². The van der Waals surface area contributed by atoms with Crippen LogP contribution >= 0.6 is 27.7 Å². The summed E-state index contributed by atoms with van der Waals surface area (Å²) < 4.78 is 36.7. The lowest BCUT2D eigenvalue weighted by atomic mass is 10.0. The molecule has 18 heavy (non-hydrogen) atoms. The molecule has 0 aliphatic rings. The van der Waals surface area contributed by atoms with Crippen LogP contribution < -0.4 is 0 Å². The number of aliphatic hydroxyl groups is 1. The zero-order valence-corrected chi connectivity index (χ0v) is 11.7. The minimum Gasteiger partial charge on any atom is -0.392 e. The molecule has 0 spiro atoms. The molecule has 0 saturated carbocycles. The molecule has 0 fully saturated rings. The molecule has 1 atom stereocenters. The molecule has 0 bridgehead atoms. The Morgan fingerprint density at radius 2 is 2.11 bits per heavy atom. The average Bonchev–Trinajstić information content (AvgIpc) is 2.25. The van der Waals surface area contributed by atoms with Gasteiger partial charge >= 0.3 is 5.51 Å². The Balaban J connectivity index is 3.14. The molecule has 0 aromatic heterocycles. The summed E-state index contributed by atoms with van der Waals surface area (Å²) in [5.41, 5.74) is -3.98. The van der Waals surface area contributed by atoms with Gasteiger partial charge in [-0.05, 0) is 36.4 Å². The third kappa shape index (κ3) is 4.29. The van der Waals surface area contributed by atoms with E-state index in [-0.39, 0.29) is 28.0 Å². The summed E-state index contributed by atoms with van der Waals surface area (Å²) in [6, 6.07) is 3.72. The van der Waals surface area contributed by atoms with Gasteiger partial charge in [0.2, 0.25) is 0 Å². The van der Waals surface area contributed by atoms with Crippen molar-refractivity contribution < 1.29 is 23.1 Å². The predicted octanol–water partition coefficient (Wildman–Crippen LogP) is 3.76. The fourth-order valence-electron chi connectivity index (χ4n) is 1.33. The number of hydrogen-bond donors (Lipinski definition) is 1. The monoisotopic (exact) mass is 342 g/mol. The first-order valence-corrected chi connectivity index (χ1v) is 6.65. The highest BCUT2D eigenvalue weighted by Crippen LogP contribution is 2.37. The van der Waals surface area contributed by atoms with E-state index in [0.29, 0.717) is 5.56 Å². The largest absolute Gasteiger partial charge is 0.446 e. The molecule has 1 aromatic carbocycles. The van der Waals surface area contributed by atoms with Gasteiger partial charge < -0.3 is 5.11 Å². The molecule has 2 nitrogen and oxygen atoms in total. The minimum atomic E-state index is -4.40. The Labute approximate surface area is 115 Å². The molecule has 0 amide bonds. The second-order valence-electron chi connectivity index (χ2n) is 3.51. The third-order valence-corrected chi connectivity index (χ3v) is 3.25. The predicted molar refractivity (Wildman–Crippen MR) is 67.0 cm³/mol. The summed E-state index contributed by atoms with van der Waals surface area (Å²) in [7, 11) is 0. The zero-order valence-electron chi connectivity index (χ0n) is 9.29. The van der Waals surface area contributed by atoms with Gasteiger partial charge in [0.05, 0.1) is 11.4 Å². The highest BCUT2D eigenvalue weighted by molar-refractivity contribution is 9.10. The maximum atomic E-state index is 12.2. The molecule has 100 valence electrons. The van der Waals surface area contributed by atoms with Crippen molar-refractivity contribution in [1.29, 1.82) is 0 Å². The quantitative estimate of drug-likeness (QED) is 0.514. The van der Waals surface area contributed by atoms with Crippen molar-refractivity contribution in [3.05, 3.63) is 29.3 Å². The summed E-state index contributed by atoms with van der Waals surface area (Å²) >= 11 is 2.78. The number of halogens is 4. The number of hydrogen-bond acceptors (Lipinski definition) is 3. The van der Waals surface area contributed by atoms with E-state index in [4.69, 9.17) is 5.11 Å². The maximum Gasteiger partial charge on any atom is 0.446 e. The van der Waals surface area contributed by atoms with Gasteiger partial charge in [0.1, 0.15) is 0 Å². The van der Waals surface area contributed by atoms with Crippen molar-refractivity contribution in [2.75, 3.05) is 0 Å². The van der Waals surface area contributed by atoms with Gasteiger partial charge in [0, 0.05) is 10.5 Å². The number of ketones is 1. The molecule has 0 saturated heterocycles. The van der Waals surface area contributed by atoms with Crippen molar-refractivity contribution >= 4 is 33.5 Å². The molecule has 1 unspecified atom stereocenters. The first kappa shape index (κ1) is 15.5. The van der Waals surface area contributed by atoms with Gasteiger partial charge in [-0.1, -0.05) is 22.0 Å². The lowest BCUT2D eigenvalue weighted by Gasteiger charge is -2.11. The second kappa shape index (κ2) is 6.08. The van der Waals surface area contributed by atoms with Crippen LogP contribution in [0.25, 0.3) is 0 Å². The van der Waals surface area contributed by atoms with Crippen molar-refractivity contribution in [2.45, 2.75) is 28.8 Å². The number of Topliss-reactive ketones (excluding diaryl/α,β-unsaturated/α-hetero) is 1. The van der Waals surface area contributed by atoms with E-state index in [1.165, 1.54) is 12.1 Å². The van der Waals surface area contributed by atoms with Gasteiger partial charge in [0.25, 0.3) is 0 Å². The first-order chi connectivity index (χ1) is 8.24. The minimum absolute atomic E-state index is 0.0730. The van der Waals surface area contributed by atoms with E-state index in [2.05, 4.69) is 15.9 Å². The molecule has 0 radical (unpaired) electrons. The van der Waals surface area contributed by atoms with Crippen LogP contribution in [-0.4, -0.2) is 21.2 Å². The van der Waals surface area contributed by atoms with E-state index >= 15 is 0 Å². The highest BCUT2D eigenvalue weighted by Gasteiger charge is 2.30. The molecule has 1 rings (SSSR count). The Kier molecular flexibility index (Phi) is 5.24. The molecule has 1 aromatic rings. The lowest BCUT2D eigenvalue weighted by Crippen LogP contribution is -2.13. The van der Waals surface area contributed by atoms with Gasteiger partial charge in [-0.15, -0.1) is 0 Å². The summed E-state index contributed by atoms with van der Waals surface area (Å²) in [5, 5.41) is 9.08. The van der Waals surface area contributed by atoms with E-state index in [0.717, 1.165) is 6.07 Å². The number of aliphatic hydroxyl groups excluding tert-OH is 1. The number of carbonyl (C=O) groups excluding carboxylic acids is 1. The third-order valence-electron chi connectivity index (χ3n) is 2.11.